The summed E-state index contributed by atoms with van der Waals surface area (Å²) in [6, 6.07) is 6.57. The molecule has 25 heavy (non-hydrogen) atoms. The molecule has 0 radical (unpaired) electrons. The molecule has 0 saturated carbocycles. The zero-order valence-corrected chi connectivity index (χ0v) is 14.9. The van der Waals surface area contributed by atoms with Crippen LogP contribution in [0.5, 0.6) is 5.75 Å². The minimum absolute atomic E-state index is 0.0324. The Hall–Kier alpha value is -2.48. The van der Waals surface area contributed by atoms with E-state index in [-0.39, 0.29) is 15.7 Å². The van der Waals surface area contributed by atoms with Gasteiger partial charge in [-0.3, -0.25) is 4.79 Å². The van der Waals surface area contributed by atoms with E-state index in [1.54, 1.807) is 25.1 Å². The standard InChI is InChI=1S/C17H14BrF2NO4/c1-9-3-4-14(24-2)11(5-9)17(23)25-8-15(22)21-16-12(18)6-10(19)7-13(16)20/h3-7H,8H2,1-2H3,(H,21,22). The summed E-state index contributed by atoms with van der Waals surface area (Å²) in [5.74, 6) is -2.96. The second-order valence-electron chi connectivity index (χ2n) is 5.07. The van der Waals surface area contributed by atoms with Crippen LogP contribution in [0.15, 0.2) is 34.8 Å². The molecule has 1 amide bonds. The van der Waals surface area contributed by atoms with Crippen LogP contribution in [0.25, 0.3) is 0 Å². The number of esters is 1. The number of nitrogens with one attached hydrogen (secondary N) is 1. The van der Waals surface area contributed by atoms with Gasteiger partial charge in [0.15, 0.2) is 12.4 Å². The molecule has 0 aliphatic rings. The SMILES string of the molecule is COc1ccc(C)cc1C(=O)OCC(=O)Nc1c(F)cc(F)cc1Br. The fourth-order valence-corrected chi connectivity index (χ4v) is 2.53. The summed E-state index contributed by atoms with van der Waals surface area (Å²) < 4.78 is 36.7. The summed E-state index contributed by atoms with van der Waals surface area (Å²) in [7, 11) is 1.41. The van der Waals surface area contributed by atoms with Crippen molar-refractivity contribution in [3.63, 3.8) is 0 Å². The van der Waals surface area contributed by atoms with Crippen LogP contribution in [0.4, 0.5) is 14.5 Å². The molecule has 0 heterocycles. The lowest BCUT2D eigenvalue weighted by atomic mass is 10.1. The largest absolute Gasteiger partial charge is 0.496 e. The predicted molar refractivity (Wildman–Crippen MR) is 90.7 cm³/mol. The minimum Gasteiger partial charge on any atom is -0.496 e. The summed E-state index contributed by atoms with van der Waals surface area (Å²) in [5, 5.41) is 2.22. The van der Waals surface area contributed by atoms with Gasteiger partial charge in [0, 0.05) is 10.5 Å². The maximum atomic E-state index is 13.7. The minimum atomic E-state index is -0.952. The molecule has 2 aromatic rings. The van der Waals surface area contributed by atoms with Crippen molar-refractivity contribution >= 4 is 33.5 Å². The second-order valence-corrected chi connectivity index (χ2v) is 5.93. The van der Waals surface area contributed by atoms with E-state index in [9.17, 15) is 18.4 Å². The highest BCUT2D eigenvalue weighted by Crippen LogP contribution is 2.27. The molecule has 0 saturated heterocycles. The van der Waals surface area contributed by atoms with Crippen LogP contribution in [-0.4, -0.2) is 25.6 Å². The Balaban J connectivity index is 2.03. The van der Waals surface area contributed by atoms with Crippen LogP contribution in [0.1, 0.15) is 15.9 Å². The molecular formula is C17H14BrF2NO4. The van der Waals surface area contributed by atoms with Crippen molar-refractivity contribution in [1.82, 2.24) is 0 Å². The molecule has 0 aliphatic carbocycles. The molecule has 1 N–H and O–H groups in total. The van der Waals surface area contributed by atoms with E-state index in [2.05, 4.69) is 21.2 Å². The number of aryl methyl sites for hydroxylation is 1. The van der Waals surface area contributed by atoms with E-state index in [0.717, 1.165) is 11.6 Å². The molecule has 0 spiro atoms. The van der Waals surface area contributed by atoms with E-state index in [1.165, 1.54) is 7.11 Å². The van der Waals surface area contributed by atoms with Crippen LogP contribution >= 0.6 is 15.9 Å². The van der Waals surface area contributed by atoms with Crippen molar-refractivity contribution in [3.8, 4) is 5.75 Å². The first-order valence-electron chi connectivity index (χ1n) is 7.08. The molecule has 0 unspecified atom stereocenters. The third-order valence-electron chi connectivity index (χ3n) is 3.18. The van der Waals surface area contributed by atoms with Crippen LogP contribution in [0.2, 0.25) is 0 Å². The van der Waals surface area contributed by atoms with Crippen LogP contribution in [-0.2, 0) is 9.53 Å². The Kier molecular flexibility index (Phi) is 6.08. The number of anilines is 1. The van der Waals surface area contributed by atoms with Gasteiger partial charge in [-0.2, -0.15) is 0 Å². The van der Waals surface area contributed by atoms with Gasteiger partial charge in [0.2, 0.25) is 0 Å². The van der Waals surface area contributed by atoms with Crippen molar-refractivity contribution in [2.24, 2.45) is 0 Å². The van der Waals surface area contributed by atoms with Gasteiger partial charge in [0.05, 0.1) is 12.8 Å². The monoisotopic (exact) mass is 413 g/mol. The molecule has 8 heteroatoms. The lowest BCUT2D eigenvalue weighted by Gasteiger charge is -2.11. The third kappa shape index (κ3) is 4.76. The molecular weight excluding hydrogens is 400 g/mol. The maximum absolute atomic E-state index is 13.7. The Morgan fingerprint density at radius 1 is 1.20 bits per heavy atom. The zero-order chi connectivity index (χ0) is 18.6. The maximum Gasteiger partial charge on any atom is 0.342 e. The summed E-state index contributed by atoms with van der Waals surface area (Å²) >= 11 is 2.95. The van der Waals surface area contributed by atoms with Crippen LogP contribution in [0, 0.1) is 18.6 Å². The normalized spacial score (nSPS) is 10.3. The topological polar surface area (TPSA) is 64.6 Å². The highest BCUT2D eigenvalue weighted by atomic mass is 79.9. The van der Waals surface area contributed by atoms with Crippen molar-refractivity contribution in [3.05, 3.63) is 57.6 Å². The Morgan fingerprint density at radius 3 is 2.56 bits per heavy atom. The average Bonchev–Trinajstić information content (AvgIpc) is 2.55. The zero-order valence-electron chi connectivity index (χ0n) is 13.4. The number of carbonyl (C=O) groups is 2. The average molecular weight is 414 g/mol. The predicted octanol–water partition coefficient (Wildman–Crippen LogP) is 3.84. The van der Waals surface area contributed by atoms with Gasteiger partial charge >= 0.3 is 5.97 Å². The van der Waals surface area contributed by atoms with E-state index in [4.69, 9.17) is 9.47 Å². The number of methoxy groups -OCH3 is 1. The molecule has 0 fully saturated rings. The number of carbonyl (C=O) groups excluding carboxylic acids is 2. The van der Waals surface area contributed by atoms with Gasteiger partial charge < -0.3 is 14.8 Å². The summed E-state index contributed by atoms with van der Waals surface area (Å²) in [6.45, 7) is 1.15. The lowest BCUT2D eigenvalue weighted by Crippen LogP contribution is -2.22. The Bertz CT molecular complexity index is 803. The van der Waals surface area contributed by atoms with Crippen molar-refractivity contribution in [2.45, 2.75) is 6.92 Å². The number of rotatable bonds is 5. The smallest absolute Gasteiger partial charge is 0.342 e. The van der Waals surface area contributed by atoms with E-state index >= 15 is 0 Å². The quantitative estimate of drug-likeness (QED) is 0.756. The molecule has 2 rings (SSSR count). The number of benzene rings is 2. The molecule has 0 aromatic heterocycles. The molecule has 5 nitrogen and oxygen atoms in total. The number of halogens is 3. The summed E-state index contributed by atoms with van der Waals surface area (Å²) in [4.78, 5) is 24.0. The molecule has 2 aromatic carbocycles. The fourth-order valence-electron chi connectivity index (χ4n) is 2.03. The van der Waals surface area contributed by atoms with Crippen LogP contribution in [0.3, 0.4) is 0 Å². The van der Waals surface area contributed by atoms with E-state index in [0.29, 0.717) is 11.8 Å². The highest BCUT2D eigenvalue weighted by Gasteiger charge is 2.17. The van der Waals surface area contributed by atoms with E-state index in [1.807, 2.05) is 0 Å². The Labute approximate surface area is 151 Å². The Morgan fingerprint density at radius 2 is 1.92 bits per heavy atom. The van der Waals surface area contributed by atoms with Gasteiger partial charge in [0.25, 0.3) is 5.91 Å². The fraction of sp³-hybridized carbons (Fsp3) is 0.176. The molecule has 132 valence electrons. The lowest BCUT2D eigenvalue weighted by molar-refractivity contribution is -0.119. The van der Waals surface area contributed by atoms with Crippen LogP contribution < -0.4 is 10.1 Å². The first-order valence-corrected chi connectivity index (χ1v) is 7.87. The van der Waals surface area contributed by atoms with Gasteiger partial charge in [-0.25, -0.2) is 13.6 Å². The van der Waals surface area contributed by atoms with Crippen molar-refractivity contribution in [1.29, 1.82) is 0 Å². The molecule has 0 aliphatic heterocycles. The number of ether oxygens (including phenoxy) is 2. The first-order chi connectivity index (χ1) is 11.8. The van der Waals surface area contributed by atoms with Gasteiger partial charge in [0.1, 0.15) is 17.1 Å². The second kappa shape index (κ2) is 8.06. The van der Waals surface area contributed by atoms with Crippen molar-refractivity contribution < 1.29 is 27.8 Å². The van der Waals surface area contributed by atoms with E-state index < -0.39 is 30.1 Å². The summed E-state index contributed by atoms with van der Waals surface area (Å²) in [6.07, 6.45) is 0. The highest BCUT2D eigenvalue weighted by molar-refractivity contribution is 9.10. The first kappa shape index (κ1) is 18.9. The van der Waals surface area contributed by atoms with Gasteiger partial charge in [-0.1, -0.05) is 11.6 Å². The van der Waals surface area contributed by atoms with Gasteiger partial charge in [-0.15, -0.1) is 0 Å². The van der Waals surface area contributed by atoms with Gasteiger partial charge in [-0.05, 0) is 41.1 Å². The van der Waals surface area contributed by atoms with Crippen molar-refractivity contribution in [2.75, 3.05) is 19.0 Å². The number of amides is 1. The summed E-state index contributed by atoms with van der Waals surface area (Å²) in [5.41, 5.74) is 0.745. The molecule has 0 bridgehead atoms. The number of hydrogen-bond donors (Lipinski definition) is 1. The third-order valence-corrected chi connectivity index (χ3v) is 3.81. The molecule has 0 atom stereocenters. The number of hydrogen-bond acceptors (Lipinski definition) is 4.